The topological polar surface area (TPSA) is 12.9 Å². The number of hydrogen-bond acceptors (Lipinski definition) is 1. The molecule has 5 heteroatoms. The standard InChI is InChI=1S/C9H9BrF3N/c1-6(10)4-8-3-2-7(5-14-8)9(11,12)13/h2-3,5-6H,4H2,1H3. The van der Waals surface area contributed by atoms with E-state index in [0.29, 0.717) is 12.1 Å². The second-order valence-electron chi connectivity index (χ2n) is 3.02. The lowest BCUT2D eigenvalue weighted by atomic mass is 10.2. The Morgan fingerprint density at radius 3 is 2.43 bits per heavy atom. The lowest BCUT2D eigenvalue weighted by Crippen LogP contribution is -2.07. The highest BCUT2D eigenvalue weighted by atomic mass is 79.9. The predicted octanol–water partition coefficient (Wildman–Crippen LogP) is 3.43. The second kappa shape index (κ2) is 4.29. The minimum atomic E-state index is -4.30. The number of alkyl halides is 4. The Morgan fingerprint density at radius 1 is 1.43 bits per heavy atom. The van der Waals surface area contributed by atoms with Crippen molar-refractivity contribution in [2.45, 2.75) is 24.3 Å². The van der Waals surface area contributed by atoms with Crippen LogP contribution in [0.3, 0.4) is 0 Å². The van der Waals surface area contributed by atoms with Crippen molar-refractivity contribution in [2.24, 2.45) is 0 Å². The monoisotopic (exact) mass is 267 g/mol. The summed E-state index contributed by atoms with van der Waals surface area (Å²) < 4.78 is 36.4. The quantitative estimate of drug-likeness (QED) is 0.749. The molecule has 1 aromatic rings. The van der Waals surface area contributed by atoms with Crippen LogP contribution in [0, 0.1) is 0 Å². The molecule has 0 saturated carbocycles. The molecule has 0 N–H and O–H groups in total. The van der Waals surface area contributed by atoms with Crippen LogP contribution in [0.2, 0.25) is 0 Å². The van der Waals surface area contributed by atoms with E-state index in [1.807, 2.05) is 6.92 Å². The first-order valence-corrected chi connectivity index (χ1v) is 4.97. The van der Waals surface area contributed by atoms with Crippen molar-refractivity contribution in [1.29, 1.82) is 0 Å². The van der Waals surface area contributed by atoms with Gasteiger partial charge >= 0.3 is 6.18 Å². The van der Waals surface area contributed by atoms with Crippen LogP contribution in [0.4, 0.5) is 13.2 Å². The normalized spacial score (nSPS) is 14.1. The minimum Gasteiger partial charge on any atom is -0.261 e. The average molecular weight is 268 g/mol. The summed E-state index contributed by atoms with van der Waals surface area (Å²) in [4.78, 5) is 3.95. The maximum Gasteiger partial charge on any atom is 0.417 e. The molecule has 0 aliphatic carbocycles. The van der Waals surface area contributed by atoms with E-state index in [2.05, 4.69) is 20.9 Å². The summed E-state index contributed by atoms with van der Waals surface area (Å²) in [5.41, 5.74) is -0.0501. The van der Waals surface area contributed by atoms with E-state index in [9.17, 15) is 13.2 Å². The lowest BCUT2D eigenvalue weighted by molar-refractivity contribution is -0.137. The molecular formula is C9H9BrF3N. The van der Waals surface area contributed by atoms with E-state index in [4.69, 9.17) is 0 Å². The highest BCUT2D eigenvalue weighted by Gasteiger charge is 2.30. The third kappa shape index (κ3) is 3.29. The summed E-state index contributed by atoms with van der Waals surface area (Å²) >= 11 is 3.31. The van der Waals surface area contributed by atoms with Crippen LogP contribution in [-0.4, -0.2) is 9.81 Å². The molecule has 1 rings (SSSR count). The maximum atomic E-state index is 12.1. The van der Waals surface area contributed by atoms with E-state index in [-0.39, 0.29) is 4.83 Å². The van der Waals surface area contributed by atoms with Crippen LogP contribution in [0.15, 0.2) is 18.3 Å². The second-order valence-corrected chi connectivity index (χ2v) is 4.58. The highest BCUT2D eigenvalue weighted by Crippen LogP contribution is 2.28. The molecule has 78 valence electrons. The zero-order valence-electron chi connectivity index (χ0n) is 7.48. The molecule has 0 saturated heterocycles. The largest absolute Gasteiger partial charge is 0.417 e. The van der Waals surface area contributed by atoms with Gasteiger partial charge in [0.05, 0.1) is 5.56 Å². The van der Waals surface area contributed by atoms with Crippen LogP contribution < -0.4 is 0 Å². The third-order valence-electron chi connectivity index (χ3n) is 1.64. The van der Waals surface area contributed by atoms with E-state index in [0.717, 1.165) is 12.3 Å². The third-order valence-corrected chi connectivity index (χ3v) is 1.97. The molecule has 1 unspecified atom stereocenters. The van der Waals surface area contributed by atoms with Crippen molar-refractivity contribution in [1.82, 2.24) is 4.98 Å². The first kappa shape index (κ1) is 11.5. The van der Waals surface area contributed by atoms with E-state index in [1.54, 1.807) is 0 Å². The molecule has 1 nitrogen and oxygen atoms in total. The average Bonchev–Trinajstić information content (AvgIpc) is 2.02. The molecular weight excluding hydrogens is 259 g/mol. The van der Waals surface area contributed by atoms with Gasteiger partial charge in [0.15, 0.2) is 0 Å². The molecule has 14 heavy (non-hydrogen) atoms. The zero-order valence-corrected chi connectivity index (χ0v) is 9.06. The summed E-state index contributed by atoms with van der Waals surface area (Å²) in [6.07, 6.45) is -2.81. The molecule has 0 fully saturated rings. The van der Waals surface area contributed by atoms with Crippen molar-refractivity contribution in [3.63, 3.8) is 0 Å². The fourth-order valence-corrected chi connectivity index (χ4v) is 1.33. The smallest absolute Gasteiger partial charge is 0.261 e. The maximum absolute atomic E-state index is 12.1. The van der Waals surface area contributed by atoms with Gasteiger partial charge in [-0.15, -0.1) is 0 Å². The van der Waals surface area contributed by atoms with Gasteiger partial charge < -0.3 is 0 Å². The van der Waals surface area contributed by atoms with Crippen molar-refractivity contribution in [2.75, 3.05) is 0 Å². The Kier molecular flexibility index (Phi) is 3.53. The van der Waals surface area contributed by atoms with Gasteiger partial charge in [0.1, 0.15) is 0 Å². The minimum absolute atomic E-state index is 0.215. The molecule has 1 atom stereocenters. The van der Waals surface area contributed by atoms with Crippen LogP contribution >= 0.6 is 15.9 Å². The van der Waals surface area contributed by atoms with Crippen molar-refractivity contribution < 1.29 is 13.2 Å². The number of halogens is 4. The molecule has 1 heterocycles. The highest BCUT2D eigenvalue weighted by molar-refractivity contribution is 9.09. The summed E-state index contributed by atoms with van der Waals surface area (Å²) in [6, 6.07) is 2.46. The molecule has 0 aliphatic rings. The number of rotatable bonds is 2. The van der Waals surface area contributed by atoms with Crippen LogP contribution in [-0.2, 0) is 12.6 Å². The van der Waals surface area contributed by atoms with Crippen LogP contribution in [0.1, 0.15) is 18.2 Å². The predicted molar refractivity (Wildman–Crippen MR) is 51.3 cm³/mol. The van der Waals surface area contributed by atoms with Gasteiger partial charge in [0, 0.05) is 23.1 Å². The molecule has 1 aromatic heterocycles. The van der Waals surface area contributed by atoms with Gasteiger partial charge in [-0.2, -0.15) is 13.2 Å². The summed E-state index contributed by atoms with van der Waals surface area (Å²) in [5.74, 6) is 0. The first-order valence-electron chi connectivity index (χ1n) is 4.06. The van der Waals surface area contributed by atoms with Gasteiger partial charge in [-0.3, -0.25) is 4.98 Å². The van der Waals surface area contributed by atoms with Crippen LogP contribution in [0.5, 0.6) is 0 Å². The zero-order chi connectivity index (χ0) is 10.8. The fourth-order valence-electron chi connectivity index (χ4n) is 1.00. The Balaban J connectivity index is 2.79. The molecule has 0 amide bonds. The number of aromatic nitrogens is 1. The van der Waals surface area contributed by atoms with Gasteiger partial charge in [0.2, 0.25) is 0 Å². The van der Waals surface area contributed by atoms with Crippen molar-refractivity contribution >= 4 is 15.9 Å². The summed E-state index contributed by atoms with van der Waals surface area (Å²) in [7, 11) is 0. The van der Waals surface area contributed by atoms with E-state index in [1.165, 1.54) is 6.07 Å². The Bertz CT molecular complexity index is 292. The molecule has 0 aromatic carbocycles. The Morgan fingerprint density at radius 2 is 2.07 bits per heavy atom. The Hall–Kier alpha value is -0.580. The molecule has 0 bridgehead atoms. The van der Waals surface area contributed by atoms with E-state index >= 15 is 0 Å². The van der Waals surface area contributed by atoms with Gasteiger partial charge in [-0.1, -0.05) is 22.9 Å². The Labute approximate surface area is 88.5 Å². The van der Waals surface area contributed by atoms with E-state index < -0.39 is 11.7 Å². The van der Waals surface area contributed by atoms with Crippen LogP contribution in [0.25, 0.3) is 0 Å². The lowest BCUT2D eigenvalue weighted by Gasteiger charge is -2.07. The molecule has 0 radical (unpaired) electrons. The van der Waals surface area contributed by atoms with Gasteiger partial charge in [-0.05, 0) is 12.1 Å². The fraction of sp³-hybridized carbons (Fsp3) is 0.444. The van der Waals surface area contributed by atoms with Crippen molar-refractivity contribution in [3.05, 3.63) is 29.6 Å². The number of pyridine rings is 1. The molecule has 0 spiro atoms. The van der Waals surface area contributed by atoms with Gasteiger partial charge in [-0.25, -0.2) is 0 Å². The first-order chi connectivity index (χ1) is 6.39. The van der Waals surface area contributed by atoms with Gasteiger partial charge in [0.25, 0.3) is 0 Å². The number of hydrogen-bond donors (Lipinski definition) is 0. The molecule has 0 aliphatic heterocycles. The van der Waals surface area contributed by atoms with Crippen molar-refractivity contribution in [3.8, 4) is 0 Å². The summed E-state index contributed by atoms with van der Waals surface area (Å²) in [6.45, 7) is 1.92. The number of nitrogens with zero attached hydrogens (tertiary/aromatic N) is 1. The summed E-state index contributed by atoms with van der Waals surface area (Å²) in [5, 5.41) is 0. The SMILES string of the molecule is CC(Br)Cc1ccc(C(F)(F)F)cn1.